The second kappa shape index (κ2) is 3.86. The van der Waals surface area contributed by atoms with Gasteiger partial charge in [0.15, 0.2) is 5.65 Å². The number of imidazole rings is 1. The average Bonchev–Trinajstić information content (AvgIpc) is 2.91. The first-order valence-corrected chi connectivity index (χ1v) is 5.73. The molecule has 0 saturated carbocycles. The molecule has 2 aromatic heterocycles. The maximum atomic E-state index is 10.9. The molecule has 3 heterocycles. The summed E-state index contributed by atoms with van der Waals surface area (Å²) in [6, 6.07) is 3.67. The van der Waals surface area contributed by atoms with Gasteiger partial charge in [0.05, 0.1) is 12.1 Å². The fourth-order valence-electron chi connectivity index (χ4n) is 2.23. The van der Waals surface area contributed by atoms with Gasteiger partial charge >= 0.3 is 5.97 Å². The van der Waals surface area contributed by atoms with E-state index >= 15 is 0 Å². The Hall–Kier alpha value is -2.31. The van der Waals surface area contributed by atoms with Gasteiger partial charge in [0.2, 0.25) is 0 Å². The molecule has 7 nitrogen and oxygen atoms in total. The number of aromatic nitrogens is 3. The van der Waals surface area contributed by atoms with Gasteiger partial charge in [-0.25, -0.2) is 9.50 Å². The summed E-state index contributed by atoms with van der Waals surface area (Å²) in [6.07, 6.45) is 2.30. The highest BCUT2D eigenvalue weighted by atomic mass is 16.4. The largest absolute Gasteiger partial charge is 0.481 e. The molecule has 1 aliphatic heterocycles. The average molecular weight is 247 g/mol. The molecule has 1 saturated heterocycles. The Morgan fingerprint density at radius 2 is 2.33 bits per heavy atom. The molecule has 0 spiro atoms. The Labute approximate surface area is 103 Å². The van der Waals surface area contributed by atoms with E-state index in [-0.39, 0.29) is 5.92 Å². The highest BCUT2D eigenvalue weighted by Gasteiger charge is 2.28. The molecule has 1 unspecified atom stereocenters. The molecule has 94 valence electrons. The summed E-state index contributed by atoms with van der Waals surface area (Å²) >= 11 is 0. The molecule has 0 radical (unpaired) electrons. The second-order valence-corrected chi connectivity index (χ2v) is 4.43. The van der Waals surface area contributed by atoms with Crippen molar-refractivity contribution in [3.8, 4) is 0 Å². The SMILES string of the molecule is Nc1cn2nc(N3CCC(C(=O)O)C3)ccc2n1. The number of aliphatic carboxylic acids is 1. The molecule has 0 bridgehead atoms. The molecule has 3 N–H and O–H groups in total. The molecule has 7 heteroatoms. The van der Waals surface area contributed by atoms with Crippen molar-refractivity contribution in [2.24, 2.45) is 5.92 Å². The smallest absolute Gasteiger partial charge is 0.308 e. The highest BCUT2D eigenvalue weighted by Crippen LogP contribution is 2.22. The topological polar surface area (TPSA) is 96.8 Å². The molecule has 18 heavy (non-hydrogen) atoms. The monoisotopic (exact) mass is 247 g/mol. The van der Waals surface area contributed by atoms with Crippen molar-refractivity contribution in [3.05, 3.63) is 18.3 Å². The number of carbonyl (C=O) groups is 1. The zero-order valence-corrected chi connectivity index (χ0v) is 9.65. The van der Waals surface area contributed by atoms with Crippen LogP contribution in [0.5, 0.6) is 0 Å². The van der Waals surface area contributed by atoms with Crippen molar-refractivity contribution in [2.75, 3.05) is 23.7 Å². The number of rotatable bonds is 2. The maximum absolute atomic E-state index is 10.9. The van der Waals surface area contributed by atoms with E-state index in [1.165, 1.54) is 0 Å². The first-order valence-electron chi connectivity index (χ1n) is 5.73. The minimum Gasteiger partial charge on any atom is -0.481 e. The van der Waals surface area contributed by atoms with Crippen LogP contribution in [0.25, 0.3) is 5.65 Å². The summed E-state index contributed by atoms with van der Waals surface area (Å²) in [5.41, 5.74) is 6.28. The summed E-state index contributed by atoms with van der Waals surface area (Å²) in [5.74, 6) is 0.119. The van der Waals surface area contributed by atoms with E-state index in [1.807, 2.05) is 17.0 Å². The Balaban J connectivity index is 1.88. The van der Waals surface area contributed by atoms with Crippen LogP contribution < -0.4 is 10.6 Å². The fraction of sp³-hybridized carbons (Fsp3) is 0.364. The van der Waals surface area contributed by atoms with Gasteiger partial charge in [0.25, 0.3) is 0 Å². The Morgan fingerprint density at radius 3 is 3.06 bits per heavy atom. The van der Waals surface area contributed by atoms with Gasteiger partial charge in [-0.15, -0.1) is 5.10 Å². The summed E-state index contributed by atoms with van der Waals surface area (Å²) in [5, 5.41) is 13.4. The summed E-state index contributed by atoms with van der Waals surface area (Å²) in [6.45, 7) is 1.21. The van der Waals surface area contributed by atoms with Crippen LogP contribution >= 0.6 is 0 Å². The van der Waals surface area contributed by atoms with Crippen molar-refractivity contribution in [1.29, 1.82) is 0 Å². The number of nitrogen functional groups attached to an aromatic ring is 1. The number of nitrogens with zero attached hydrogens (tertiary/aromatic N) is 4. The minimum atomic E-state index is -0.745. The van der Waals surface area contributed by atoms with Gasteiger partial charge in [0.1, 0.15) is 11.6 Å². The molecule has 1 atom stereocenters. The number of carboxylic acids is 1. The number of nitrogens with two attached hydrogens (primary N) is 1. The van der Waals surface area contributed by atoms with E-state index in [1.54, 1.807) is 10.7 Å². The highest BCUT2D eigenvalue weighted by molar-refractivity contribution is 5.71. The van der Waals surface area contributed by atoms with E-state index < -0.39 is 5.97 Å². The molecular formula is C11H13N5O2. The zero-order chi connectivity index (χ0) is 12.7. The summed E-state index contributed by atoms with van der Waals surface area (Å²) < 4.78 is 1.61. The maximum Gasteiger partial charge on any atom is 0.308 e. The lowest BCUT2D eigenvalue weighted by atomic mass is 10.1. The molecule has 1 aliphatic rings. The lowest BCUT2D eigenvalue weighted by Crippen LogP contribution is -2.23. The number of fused-ring (bicyclic) bond motifs is 1. The van der Waals surface area contributed by atoms with Gasteiger partial charge in [-0.2, -0.15) is 0 Å². The van der Waals surface area contributed by atoms with Gasteiger partial charge < -0.3 is 15.7 Å². The molecular weight excluding hydrogens is 234 g/mol. The Bertz CT molecular complexity index is 608. The first kappa shape index (κ1) is 10.8. The van der Waals surface area contributed by atoms with E-state index in [0.29, 0.717) is 31.0 Å². The predicted octanol–water partition coefficient (Wildman–Crippen LogP) is 0.222. The second-order valence-electron chi connectivity index (χ2n) is 4.43. The Morgan fingerprint density at radius 1 is 1.50 bits per heavy atom. The lowest BCUT2D eigenvalue weighted by Gasteiger charge is -2.16. The lowest BCUT2D eigenvalue weighted by molar-refractivity contribution is -0.140. The summed E-state index contributed by atoms with van der Waals surface area (Å²) in [7, 11) is 0. The number of hydrogen-bond acceptors (Lipinski definition) is 5. The normalized spacial score (nSPS) is 19.6. The van der Waals surface area contributed by atoms with Crippen molar-refractivity contribution in [2.45, 2.75) is 6.42 Å². The summed E-state index contributed by atoms with van der Waals surface area (Å²) in [4.78, 5) is 17.0. The third-order valence-electron chi connectivity index (χ3n) is 3.19. The molecule has 2 aromatic rings. The van der Waals surface area contributed by atoms with Crippen LogP contribution in [0.1, 0.15) is 6.42 Å². The minimum absolute atomic E-state index is 0.310. The van der Waals surface area contributed by atoms with E-state index in [9.17, 15) is 4.79 Å². The third-order valence-corrected chi connectivity index (χ3v) is 3.19. The van der Waals surface area contributed by atoms with Gasteiger partial charge in [-0.05, 0) is 18.6 Å². The van der Waals surface area contributed by atoms with Crippen LogP contribution in [0, 0.1) is 5.92 Å². The third kappa shape index (κ3) is 1.73. The van der Waals surface area contributed by atoms with Gasteiger partial charge in [-0.1, -0.05) is 0 Å². The Kier molecular flexibility index (Phi) is 2.32. The van der Waals surface area contributed by atoms with Gasteiger partial charge in [-0.3, -0.25) is 4.79 Å². The van der Waals surface area contributed by atoms with E-state index in [4.69, 9.17) is 10.8 Å². The molecule has 0 aromatic carbocycles. The fourth-order valence-corrected chi connectivity index (χ4v) is 2.23. The number of hydrogen-bond donors (Lipinski definition) is 2. The molecule has 0 amide bonds. The van der Waals surface area contributed by atoms with Crippen LogP contribution in [-0.4, -0.2) is 38.8 Å². The van der Waals surface area contributed by atoms with Crippen LogP contribution in [0.15, 0.2) is 18.3 Å². The van der Waals surface area contributed by atoms with Crippen molar-refractivity contribution >= 4 is 23.3 Å². The van der Waals surface area contributed by atoms with Crippen LogP contribution in [0.2, 0.25) is 0 Å². The standard InChI is InChI=1S/C11H13N5O2/c12-8-6-16-9(13-8)1-2-10(14-16)15-4-3-7(5-15)11(17)18/h1-2,6-7H,3-5,12H2,(H,17,18). The van der Waals surface area contributed by atoms with Crippen molar-refractivity contribution in [1.82, 2.24) is 14.6 Å². The molecule has 0 aliphatic carbocycles. The van der Waals surface area contributed by atoms with Crippen molar-refractivity contribution < 1.29 is 9.90 Å². The number of carboxylic acid groups (broad SMARTS) is 1. The van der Waals surface area contributed by atoms with Crippen LogP contribution in [0.4, 0.5) is 11.6 Å². The van der Waals surface area contributed by atoms with Crippen LogP contribution in [-0.2, 0) is 4.79 Å². The molecule has 3 rings (SSSR count). The first-order chi connectivity index (χ1) is 8.63. The van der Waals surface area contributed by atoms with Crippen molar-refractivity contribution in [3.63, 3.8) is 0 Å². The van der Waals surface area contributed by atoms with E-state index in [2.05, 4.69) is 10.1 Å². The zero-order valence-electron chi connectivity index (χ0n) is 9.65. The predicted molar refractivity (Wildman–Crippen MR) is 65.4 cm³/mol. The van der Waals surface area contributed by atoms with Gasteiger partial charge in [0, 0.05) is 13.1 Å². The van der Waals surface area contributed by atoms with Crippen LogP contribution in [0.3, 0.4) is 0 Å². The number of anilines is 2. The quantitative estimate of drug-likeness (QED) is 0.788. The molecule has 1 fully saturated rings. The van der Waals surface area contributed by atoms with E-state index in [0.717, 1.165) is 5.82 Å².